The summed E-state index contributed by atoms with van der Waals surface area (Å²) in [5, 5.41) is 3.34. The molecule has 2 atom stereocenters. The molecule has 3 heteroatoms. The van der Waals surface area contributed by atoms with E-state index in [2.05, 4.69) is 46.4 Å². The van der Waals surface area contributed by atoms with Crippen molar-refractivity contribution in [3.05, 3.63) is 34.3 Å². The number of nitrogens with one attached hydrogen (secondary N) is 1. The number of halogens is 1. The first kappa shape index (κ1) is 10.1. The average Bonchev–Trinajstić information content (AvgIpc) is 2.45. The fraction of sp³-hybridized carbons (Fsp3) is 0.455. The molecule has 0 bridgehead atoms. The molecule has 1 aliphatic heterocycles. The second kappa shape index (κ2) is 3.65. The van der Waals surface area contributed by atoms with Gasteiger partial charge >= 0.3 is 0 Å². The largest absolute Gasteiger partial charge is 0.324 e. The lowest BCUT2D eigenvalue weighted by molar-refractivity contribution is 0.462. The molecule has 1 saturated heterocycles. The summed E-state index contributed by atoms with van der Waals surface area (Å²) in [7, 11) is 0. The number of rotatable bonds is 1. The van der Waals surface area contributed by atoms with Crippen molar-refractivity contribution in [1.82, 2.24) is 5.32 Å². The van der Waals surface area contributed by atoms with Gasteiger partial charge < -0.3 is 11.1 Å². The molecule has 14 heavy (non-hydrogen) atoms. The van der Waals surface area contributed by atoms with Gasteiger partial charge in [-0.1, -0.05) is 28.1 Å². The first-order valence-electron chi connectivity index (χ1n) is 4.85. The zero-order valence-electron chi connectivity index (χ0n) is 8.26. The molecule has 3 N–H and O–H groups in total. The van der Waals surface area contributed by atoms with E-state index in [1.54, 1.807) is 0 Å². The van der Waals surface area contributed by atoms with Crippen molar-refractivity contribution in [2.45, 2.75) is 18.4 Å². The number of hydrogen-bond donors (Lipinski definition) is 2. The van der Waals surface area contributed by atoms with E-state index in [-0.39, 0.29) is 5.54 Å². The lowest BCUT2D eigenvalue weighted by Crippen LogP contribution is -2.42. The normalized spacial score (nSPS) is 32.1. The van der Waals surface area contributed by atoms with Gasteiger partial charge in [0.1, 0.15) is 0 Å². The monoisotopic (exact) mass is 254 g/mol. The van der Waals surface area contributed by atoms with E-state index in [1.165, 1.54) is 5.56 Å². The first-order valence-corrected chi connectivity index (χ1v) is 5.64. The third kappa shape index (κ3) is 1.85. The summed E-state index contributed by atoms with van der Waals surface area (Å²) >= 11 is 3.49. The van der Waals surface area contributed by atoms with Gasteiger partial charge in [0, 0.05) is 29.0 Å². The molecular formula is C11H15BrN2. The summed E-state index contributed by atoms with van der Waals surface area (Å²) in [5.41, 5.74) is 7.42. The molecule has 1 heterocycles. The Hall–Kier alpha value is -0.380. The fourth-order valence-corrected chi connectivity index (χ4v) is 2.48. The van der Waals surface area contributed by atoms with Gasteiger partial charge in [0.05, 0.1) is 0 Å². The van der Waals surface area contributed by atoms with Crippen molar-refractivity contribution in [1.29, 1.82) is 0 Å². The number of nitrogens with two attached hydrogens (primary N) is 1. The molecule has 76 valence electrons. The smallest absolute Gasteiger partial charge is 0.0333 e. The standard InChI is InChI=1S/C11H15BrN2/c1-11(13)7-14-6-10(11)8-3-2-4-9(12)5-8/h2-5,10,14H,6-7,13H2,1H3/t10-,11+/m0/s1. The summed E-state index contributed by atoms with van der Waals surface area (Å²) in [4.78, 5) is 0. The summed E-state index contributed by atoms with van der Waals surface area (Å²) in [6.07, 6.45) is 0. The van der Waals surface area contributed by atoms with Crippen LogP contribution in [0.5, 0.6) is 0 Å². The molecule has 1 aromatic rings. The van der Waals surface area contributed by atoms with E-state index in [4.69, 9.17) is 5.73 Å². The molecule has 0 aromatic heterocycles. The van der Waals surface area contributed by atoms with Crippen LogP contribution in [-0.2, 0) is 0 Å². The summed E-state index contributed by atoms with van der Waals surface area (Å²) < 4.78 is 1.12. The van der Waals surface area contributed by atoms with E-state index < -0.39 is 0 Å². The van der Waals surface area contributed by atoms with Gasteiger partial charge in [0.2, 0.25) is 0 Å². The molecule has 1 fully saturated rings. The fourth-order valence-electron chi connectivity index (χ4n) is 2.06. The Kier molecular flexibility index (Phi) is 2.64. The van der Waals surface area contributed by atoms with Crippen LogP contribution in [0.15, 0.2) is 28.7 Å². The van der Waals surface area contributed by atoms with Crippen LogP contribution in [0.25, 0.3) is 0 Å². The van der Waals surface area contributed by atoms with Crippen molar-refractivity contribution in [2.75, 3.05) is 13.1 Å². The Labute approximate surface area is 93.0 Å². The van der Waals surface area contributed by atoms with Gasteiger partial charge in [-0.2, -0.15) is 0 Å². The highest BCUT2D eigenvalue weighted by molar-refractivity contribution is 9.10. The number of hydrogen-bond acceptors (Lipinski definition) is 2. The molecule has 2 rings (SSSR count). The van der Waals surface area contributed by atoms with Crippen LogP contribution in [0.4, 0.5) is 0 Å². The number of benzene rings is 1. The predicted molar refractivity (Wildman–Crippen MR) is 62.3 cm³/mol. The van der Waals surface area contributed by atoms with E-state index in [0.29, 0.717) is 5.92 Å². The molecule has 0 saturated carbocycles. The molecule has 0 unspecified atom stereocenters. The Balaban J connectivity index is 2.31. The Morgan fingerprint density at radius 3 is 2.93 bits per heavy atom. The molecule has 1 aromatic carbocycles. The quantitative estimate of drug-likeness (QED) is 0.803. The molecule has 0 amide bonds. The highest BCUT2D eigenvalue weighted by atomic mass is 79.9. The molecule has 2 nitrogen and oxygen atoms in total. The van der Waals surface area contributed by atoms with Gasteiger partial charge in [-0.3, -0.25) is 0 Å². The van der Waals surface area contributed by atoms with Gasteiger partial charge in [0.25, 0.3) is 0 Å². The van der Waals surface area contributed by atoms with Crippen LogP contribution in [0.3, 0.4) is 0 Å². The summed E-state index contributed by atoms with van der Waals surface area (Å²) in [5.74, 6) is 0.417. The zero-order valence-corrected chi connectivity index (χ0v) is 9.84. The van der Waals surface area contributed by atoms with Crippen LogP contribution < -0.4 is 11.1 Å². The van der Waals surface area contributed by atoms with Crippen LogP contribution >= 0.6 is 15.9 Å². The second-order valence-corrected chi connectivity index (χ2v) is 5.16. The van der Waals surface area contributed by atoms with Gasteiger partial charge in [-0.05, 0) is 24.6 Å². The lowest BCUT2D eigenvalue weighted by Gasteiger charge is -2.26. The molecule has 0 spiro atoms. The Morgan fingerprint density at radius 1 is 1.57 bits per heavy atom. The zero-order chi connectivity index (χ0) is 10.2. The van der Waals surface area contributed by atoms with Crippen LogP contribution in [-0.4, -0.2) is 18.6 Å². The van der Waals surface area contributed by atoms with Crippen molar-refractivity contribution >= 4 is 15.9 Å². The summed E-state index contributed by atoms with van der Waals surface area (Å²) in [6.45, 7) is 3.98. The van der Waals surface area contributed by atoms with Crippen LogP contribution in [0, 0.1) is 0 Å². The van der Waals surface area contributed by atoms with Crippen LogP contribution in [0.2, 0.25) is 0 Å². The highest BCUT2D eigenvalue weighted by Gasteiger charge is 2.35. The topological polar surface area (TPSA) is 38.0 Å². The molecule has 0 radical (unpaired) electrons. The van der Waals surface area contributed by atoms with Gasteiger partial charge in [-0.25, -0.2) is 0 Å². The molecular weight excluding hydrogens is 240 g/mol. The van der Waals surface area contributed by atoms with Crippen LogP contribution in [0.1, 0.15) is 18.4 Å². The Morgan fingerprint density at radius 2 is 2.36 bits per heavy atom. The predicted octanol–water partition coefficient (Wildman–Crippen LogP) is 1.85. The second-order valence-electron chi connectivity index (χ2n) is 4.24. The van der Waals surface area contributed by atoms with Gasteiger partial charge in [-0.15, -0.1) is 0 Å². The summed E-state index contributed by atoms with van der Waals surface area (Å²) in [6, 6.07) is 8.41. The van der Waals surface area contributed by atoms with Crippen molar-refractivity contribution < 1.29 is 0 Å². The minimum absolute atomic E-state index is 0.124. The van der Waals surface area contributed by atoms with Crippen molar-refractivity contribution in [3.8, 4) is 0 Å². The minimum Gasteiger partial charge on any atom is -0.324 e. The lowest BCUT2D eigenvalue weighted by atomic mass is 9.84. The van der Waals surface area contributed by atoms with E-state index in [9.17, 15) is 0 Å². The SMILES string of the molecule is C[C@@]1(N)CNC[C@H]1c1cccc(Br)c1. The maximum Gasteiger partial charge on any atom is 0.0333 e. The van der Waals surface area contributed by atoms with E-state index >= 15 is 0 Å². The molecule has 1 aliphatic rings. The third-order valence-corrected chi connectivity index (χ3v) is 3.39. The van der Waals surface area contributed by atoms with Crippen molar-refractivity contribution in [3.63, 3.8) is 0 Å². The van der Waals surface area contributed by atoms with E-state index in [1.807, 2.05) is 6.07 Å². The minimum atomic E-state index is -0.124. The van der Waals surface area contributed by atoms with Gasteiger partial charge in [0.15, 0.2) is 0 Å². The highest BCUT2D eigenvalue weighted by Crippen LogP contribution is 2.30. The molecule has 0 aliphatic carbocycles. The maximum atomic E-state index is 6.23. The Bertz CT molecular complexity index is 336. The first-order chi connectivity index (χ1) is 6.59. The third-order valence-electron chi connectivity index (χ3n) is 2.90. The maximum absolute atomic E-state index is 6.23. The van der Waals surface area contributed by atoms with Crippen molar-refractivity contribution in [2.24, 2.45) is 5.73 Å². The average molecular weight is 255 g/mol. The van der Waals surface area contributed by atoms with E-state index in [0.717, 1.165) is 17.6 Å².